The van der Waals surface area contributed by atoms with E-state index in [1.165, 1.54) is 18.0 Å². The molecule has 0 aromatic carbocycles. The van der Waals surface area contributed by atoms with Crippen molar-refractivity contribution in [2.75, 3.05) is 17.8 Å². The van der Waals surface area contributed by atoms with E-state index >= 15 is 0 Å². The zero-order valence-corrected chi connectivity index (χ0v) is 10.9. The molecule has 1 aromatic rings. The van der Waals surface area contributed by atoms with Crippen LogP contribution in [0.5, 0.6) is 0 Å². The van der Waals surface area contributed by atoms with Crippen molar-refractivity contribution in [3.05, 3.63) is 23.9 Å². The number of sulfone groups is 1. The fraction of sp³-hybridized carbons (Fsp3) is 0.500. The SMILES string of the molecule is CC(O)c1ccc(SCCS(C)(=O)=O)nc1. The first kappa shape index (κ1) is 13.5. The van der Waals surface area contributed by atoms with Crippen molar-refractivity contribution < 1.29 is 13.5 Å². The van der Waals surface area contributed by atoms with Gasteiger partial charge in [0.05, 0.1) is 16.9 Å². The number of thioether (sulfide) groups is 1. The number of hydrogen-bond donors (Lipinski definition) is 1. The summed E-state index contributed by atoms with van der Waals surface area (Å²) >= 11 is 1.40. The van der Waals surface area contributed by atoms with Crippen LogP contribution in [0.2, 0.25) is 0 Å². The summed E-state index contributed by atoms with van der Waals surface area (Å²) in [6, 6.07) is 3.58. The normalized spacial score (nSPS) is 13.7. The van der Waals surface area contributed by atoms with E-state index in [9.17, 15) is 13.5 Å². The first-order chi connectivity index (χ1) is 7.38. The van der Waals surface area contributed by atoms with Crippen molar-refractivity contribution in [1.29, 1.82) is 0 Å². The van der Waals surface area contributed by atoms with Crippen molar-refractivity contribution in [3.63, 3.8) is 0 Å². The second-order valence-electron chi connectivity index (χ2n) is 3.58. The monoisotopic (exact) mass is 261 g/mol. The standard InChI is InChI=1S/C10H15NO3S2/c1-8(12)9-3-4-10(11-7-9)15-5-6-16(2,13)14/h3-4,7-8,12H,5-6H2,1-2H3. The molecule has 90 valence electrons. The van der Waals surface area contributed by atoms with Gasteiger partial charge in [-0.05, 0) is 18.6 Å². The molecule has 0 saturated carbocycles. The fourth-order valence-corrected chi connectivity index (χ4v) is 3.07. The van der Waals surface area contributed by atoms with Crippen molar-refractivity contribution in [2.24, 2.45) is 0 Å². The van der Waals surface area contributed by atoms with E-state index in [0.29, 0.717) is 5.75 Å². The van der Waals surface area contributed by atoms with Gasteiger partial charge in [-0.2, -0.15) is 0 Å². The van der Waals surface area contributed by atoms with Gasteiger partial charge in [-0.15, -0.1) is 11.8 Å². The smallest absolute Gasteiger partial charge is 0.148 e. The maximum absolute atomic E-state index is 10.9. The lowest BCUT2D eigenvalue weighted by molar-refractivity contribution is 0.198. The summed E-state index contributed by atoms with van der Waals surface area (Å²) in [4.78, 5) is 4.13. The predicted octanol–water partition coefficient (Wildman–Crippen LogP) is 1.27. The zero-order valence-electron chi connectivity index (χ0n) is 9.25. The Morgan fingerprint density at radius 3 is 2.62 bits per heavy atom. The average Bonchev–Trinajstić information content (AvgIpc) is 2.16. The highest BCUT2D eigenvalue weighted by atomic mass is 32.2. The van der Waals surface area contributed by atoms with Gasteiger partial charge in [0.15, 0.2) is 0 Å². The Kier molecular flexibility index (Phi) is 4.76. The molecule has 1 aromatic heterocycles. The molecule has 1 N–H and O–H groups in total. The lowest BCUT2D eigenvalue weighted by atomic mass is 10.2. The van der Waals surface area contributed by atoms with E-state index < -0.39 is 15.9 Å². The minimum atomic E-state index is -2.90. The number of aliphatic hydroxyl groups excluding tert-OH is 1. The Morgan fingerprint density at radius 1 is 1.50 bits per heavy atom. The molecule has 0 aliphatic heterocycles. The highest BCUT2D eigenvalue weighted by Gasteiger charge is 2.04. The third-order valence-electron chi connectivity index (χ3n) is 1.95. The van der Waals surface area contributed by atoms with Gasteiger partial charge in [-0.1, -0.05) is 6.07 Å². The number of rotatable bonds is 5. The van der Waals surface area contributed by atoms with Crippen LogP contribution < -0.4 is 0 Å². The summed E-state index contributed by atoms with van der Waals surface area (Å²) in [5.74, 6) is 0.650. The highest BCUT2D eigenvalue weighted by molar-refractivity contribution is 8.00. The van der Waals surface area contributed by atoms with Gasteiger partial charge in [-0.3, -0.25) is 0 Å². The molecule has 16 heavy (non-hydrogen) atoms. The summed E-state index contributed by atoms with van der Waals surface area (Å²) in [7, 11) is -2.90. The van der Waals surface area contributed by atoms with Crippen molar-refractivity contribution >= 4 is 21.6 Å². The van der Waals surface area contributed by atoms with Gasteiger partial charge in [0.25, 0.3) is 0 Å². The summed E-state index contributed by atoms with van der Waals surface area (Å²) in [5, 5.41) is 10.0. The Hall–Kier alpha value is -0.590. The summed E-state index contributed by atoms with van der Waals surface area (Å²) in [6.45, 7) is 1.67. The van der Waals surface area contributed by atoms with Gasteiger partial charge in [0.1, 0.15) is 9.84 Å². The van der Waals surface area contributed by atoms with Gasteiger partial charge in [0.2, 0.25) is 0 Å². The molecule has 4 nitrogen and oxygen atoms in total. The Balaban J connectivity index is 2.50. The van der Waals surface area contributed by atoms with Crippen LogP contribution in [-0.2, 0) is 9.84 Å². The molecule has 6 heteroatoms. The summed E-state index contributed by atoms with van der Waals surface area (Å²) in [6.07, 6.45) is 2.30. The van der Waals surface area contributed by atoms with E-state index in [2.05, 4.69) is 4.98 Å². The Labute approximate surface area is 100 Å². The molecule has 0 fully saturated rings. The third-order valence-corrected chi connectivity index (χ3v) is 4.10. The van der Waals surface area contributed by atoms with Gasteiger partial charge in [0, 0.05) is 18.2 Å². The summed E-state index contributed by atoms with van der Waals surface area (Å²) in [5.41, 5.74) is 0.757. The maximum atomic E-state index is 10.9. The van der Waals surface area contributed by atoms with E-state index in [1.807, 2.05) is 0 Å². The lowest BCUT2D eigenvalue weighted by Crippen LogP contribution is -2.05. The molecule has 1 atom stereocenters. The average molecular weight is 261 g/mol. The van der Waals surface area contributed by atoms with Crippen LogP contribution in [0.25, 0.3) is 0 Å². The van der Waals surface area contributed by atoms with E-state index in [0.717, 1.165) is 10.6 Å². The maximum Gasteiger partial charge on any atom is 0.148 e. The third kappa shape index (κ3) is 4.96. The largest absolute Gasteiger partial charge is 0.389 e. The van der Waals surface area contributed by atoms with Crippen molar-refractivity contribution in [3.8, 4) is 0 Å². The molecule has 0 saturated heterocycles. The molecule has 0 aliphatic carbocycles. The van der Waals surface area contributed by atoms with Crippen molar-refractivity contribution in [2.45, 2.75) is 18.1 Å². The molecule has 1 unspecified atom stereocenters. The van der Waals surface area contributed by atoms with Crippen LogP contribution >= 0.6 is 11.8 Å². The van der Waals surface area contributed by atoms with E-state index in [4.69, 9.17) is 0 Å². The quantitative estimate of drug-likeness (QED) is 0.809. The number of pyridine rings is 1. The molecule has 1 heterocycles. The van der Waals surface area contributed by atoms with Gasteiger partial charge < -0.3 is 5.11 Å². The number of aliphatic hydroxyl groups is 1. The lowest BCUT2D eigenvalue weighted by Gasteiger charge is -2.04. The molecular formula is C10H15NO3S2. The molecular weight excluding hydrogens is 246 g/mol. The molecule has 0 radical (unpaired) electrons. The molecule has 0 spiro atoms. The van der Waals surface area contributed by atoms with Gasteiger partial charge >= 0.3 is 0 Å². The minimum absolute atomic E-state index is 0.150. The second-order valence-corrected chi connectivity index (χ2v) is 6.96. The molecule has 0 aliphatic rings. The molecule has 0 amide bonds. The topological polar surface area (TPSA) is 67.3 Å². The van der Waals surface area contributed by atoms with Crippen LogP contribution in [0, 0.1) is 0 Å². The second kappa shape index (κ2) is 5.65. The van der Waals surface area contributed by atoms with Crippen molar-refractivity contribution in [1.82, 2.24) is 4.98 Å². The molecule has 1 rings (SSSR count). The first-order valence-corrected chi connectivity index (χ1v) is 7.87. The predicted molar refractivity (Wildman–Crippen MR) is 65.3 cm³/mol. The minimum Gasteiger partial charge on any atom is -0.389 e. The van der Waals surface area contributed by atoms with Crippen LogP contribution in [-0.4, -0.2) is 36.3 Å². The molecule has 0 bridgehead atoms. The number of aromatic nitrogens is 1. The number of hydrogen-bond acceptors (Lipinski definition) is 5. The number of nitrogens with zero attached hydrogens (tertiary/aromatic N) is 1. The zero-order chi connectivity index (χ0) is 12.2. The first-order valence-electron chi connectivity index (χ1n) is 4.83. The summed E-state index contributed by atoms with van der Waals surface area (Å²) < 4.78 is 21.8. The Morgan fingerprint density at radius 2 is 2.19 bits per heavy atom. The van der Waals surface area contributed by atoms with Crippen LogP contribution in [0.4, 0.5) is 0 Å². The van der Waals surface area contributed by atoms with Crippen LogP contribution in [0.15, 0.2) is 23.4 Å². The Bertz CT molecular complexity index is 426. The van der Waals surface area contributed by atoms with Crippen LogP contribution in [0.3, 0.4) is 0 Å². The fourth-order valence-electron chi connectivity index (χ4n) is 1.02. The van der Waals surface area contributed by atoms with Crippen LogP contribution in [0.1, 0.15) is 18.6 Å². The van der Waals surface area contributed by atoms with Gasteiger partial charge in [-0.25, -0.2) is 13.4 Å². The van der Waals surface area contributed by atoms with E-state index in [-0.39, 0.29) is 5.75 Å². The van der Waals surface area contributed by atoms with E-state index in [1.54, 1.807) is 25.3 Å². The highest BCUT2D eigenvalue weighted by Crippen LogP contribution is 2.18.